The molecule has 0 rings (SSSR count). The molecule has 0 saturated carbocycles. The van der Waals surface area contributed by atoms with Crippen LogP contribution in [0.5, 0.6) is 0 Å². The van der Waals surface area contributed by atoms with Crippen LogP contribution in [0.2, 0.25) is 0 Å². The van der Waals surface area contributed by atoms with Gasteiger partial charge in [0.25, 0.3) is 0 Å². The van der Waals surface area contributed by atoms with Crippen LogP contribution >= 0.6 is 7.82 Å². The maximum absolute atomic E-state index is 13.6. The summed E-state index contributed by atoms with van der Waals surface area (Å²) in [7, 11) is 1.50. The Labute approximate surface area is 478 Å². The normalized spacial score (nSPS) is 13.9. The minimum absolute atomic E-state index is 0.0404. The van der Waals surface area contributed by atoms with Gasteiger partial charge in [-0.1, -0.05) is 282 Å². The molecule has 3 unspecified atom stereocenters. The van der Waals surface area contributed by atoms with E-state index in [1.165, 1.54) is 199 Å². The Morgan fingerprint density at radius 1 is 0.455 bits per heavy atom. The van der Waals surface area contributed by atoms with E-state index in [-0.39, 0.29) is 31.5 Å². The van der Waals surface area contributed by atoms with Crippen LogP contribution < -0.4 is 5.32 Å². The van der Waals surface area contributed by atoms with E-state index in [2.05, 4.69) is 62.5 Å². The summed E-state index contributed by atoms with van der Waals surface area (Å²) >= 11 is 0. The maximum Gasteiger partial charge on any atom is 0.472 e. The molecule has 0 bridgehead atoms. The highest BCUT2D eigenvalue weighted by atomic mass is 31.2. The van der Waals surface area contributed by atoms with Crippen molar-refractivity contribution in [2.75, 3.05) is 40.9 Å². The second kappa shape index (κ2) is 57.2. The lowest BCUT2D eigenvalue weighted by atomic mass is 10.0. The minimum atomic E-state index is -4.45. The monoisotopic (exact) mass is 1100 g/mol. The number of amides is 1. The average Bonchev–Trinajstić information content (AvgIpc) is 3.39. The zero-order chi connectivity index (χ0) is 56.4. The fourth-order valence-corrected chi connectivity index (χ4v) is 10.4. The lowest BCUT2D eigenvalue weighted by molar-refractivity contribution is -0.870. The van der Waals surface area contributed by atoms with Crippen molar-refractivity contribution in [3.05, 3.63) is 48.6 Å². The largest absolute Gasteiger partial charge is 0.472 e. The van der Waals surface area contributed by atoms with Gasteiger partial charge in [-0.3, -0.25) is 18.6 Å². The first kappa shape index (κ1) is 75.0. The molecular formula is C67H128N2O7P+. The molecule has 0 aromatic carbocycles. The summed E-state index contributed by atoms with van der Waals surface area (Å²) in [5.74, 6) is -0.499. The van der Waals surface area contributed by atoms with Crippen LogP contribution in [0.25, 0.3) is 0 Å². The van der Waals surface area contributed by atoms with Crippen molar-refractivity contribution in [1.82, 2.24) is 5.32 Å². The molecule has 0 aliphatic rings. The van der Waals surface area contributed by atoms with Gasteiger partial charge >= 0.3 is 13.8 Å². The zero-order valence-corrected chi connectivity index (χ0v) is 52.6. The highest BCUT2D eigenvalue weighted by Crippen LogP contribution is 2.43. The number of carbonyl (C=O) groups excluding carboxylic acids is 2. The summed E-state index contributed by atoms with van der Waals surface area (Å²) in [4.78, 5) is 37.8. The van der Waals surface area contributed by atoms with Crippen LogP contribution in [0.3, 0.4) is 0 Å². The molecule has 1 amide bonds. The molecule has 0 aromatic heterocycles. The van der Waals surface area contributed by atoms with Gasteiger partial charge in [-0.05, 0) is 70.3 Å². The fraction of sp³-hybridized carbons (Fsp3) is 0.851. The lowest BCUT2D eigenvalue weighted by Gasteiger charge is -2.27. The third kappa shape index (κ3) is 58.4. The topological polar surface area (TPSA) is 111 Å². The standard InChI is InChI=1S/C67H127N2O7P/c1-7-10-13-16-19-22-25-28-30-32-33-34-35-37-39-42-45-48-51-54-57-60-67(71)76-65(58-55-52-49-46-43-40-27-24-21-18-15-12-9-3)64(63-75-77(72,73)74-62-61-69(4,5)6)68-66(70)59-56-53-50-47-44-41-38-36-31-29-26-23-20-17-14-11-8-2/h19,22,28,30,33-34,55,58,64-65H,7-18,20-21,23-27,29,31-32,35-54,56-57,59-63H2,1-6H3,(H-,68,70,72,73)/p+1/b22-19-,30-28-,34-33-,58-55+. The number of hydrogen-bond acceptors (Lipinski definition) is 6. The van der Waals surface area contributed by atoms with Crippen molar-refractivity contribution in [3.63, 3.8) is 0 Å². The minimum Gasteiger partial charge on any atom is -0.456 e. The summed E-state index contributed by atoms with van der Waals surface area (Å²) in [6.07, 6.45) is 71.0. The third-order valence-electron chi connectivity index (χ3n) is 14.8. The molecule has 0 fully saturated rings. The van der Waals surface area contributed by atoms with Crippen molar-refractivity contribution in [2.24, 2.45) is 0 Å². The van der Waals surface area contributed by atoms with Crippen molar-refractivity contribution in [3.8, 4) is 0 Å². The number of phosphoric ester groups is 1. The van der Waals surface area contributed by atoms with E-state index < -0.39 is 20.0 Å². The van der Waals surface area contributed by atoms with E-state index in [0.717, 1.165) is 83.5 Å². The number of hydrogen-bond donors (Lipinski definition) is 2. The number of nitrogens with one attached hydrogen (secondary N) is 1. The summed E-state index contributed by atoms with van der Waals surface area (Å²) in [5.41, 5.74) is 0. The lowest BCUT2D eigenvalue weighted by Crippen LogP contribution is -2.47. The second-order valence-corrected chi connectivity index (χ2v) is 25.1. The molecule has 77 heavy (non-hydrogen) atoms. The van der Waals surface area contributed by atoms with Gasteiger partial charge in [0.15, 0.2) is 0 Å². The van der Waals surface area contributed by atoms with Crippen molar-refractivity contribution < 1.29 is 37.3 Å². The Balaban J connectivity index is 5.22. The molecule has 9 nitrogen and oxygen atoms in total. The predicted octanol–water partition coefficient (Wildman–Crippen LogP) is 20.5. The molecule has 0 aliphatic carbocycles. The van der Waals surface area contributed by atoms with E-state index in [0.29, 0.717) is 17.4 Å². The SMILES string of the molecule is CCCCC/C=C\C/C=C\C/C=C\CCCCCCCCCCC(=O)OC(/C=C/CCCCCCCCCCCCC)C(COP(=O)(O)OCC[N+](C)(C)C)NC(=O)CCCCCCCCCCCCCCCCCCC. The Hall–Kier alpha value is -2.03. The van der Waals surface area contributed by atoms with Gasteiger partial charge in [0.05, 0.1) is 33.8 Å². The molecule has 452 valence electrons. The summed E-state index contributed by atoms with van der Waals surface area (Å²) < 4.78 is 30.8. The van der Waals surface area contributed by atoms with Gasteiger partial charge in [0.1, 0.15) is 19.3 Å². The van der Waals surface area contributed by atoms with Gasteiger partial charge < -0.3 is 19.4 Å². The molecule has 10 heteroatoms. The number of ether oxygens (including phenoxy) is 1. The second-order valence-electron chi connectivity index (χ2n) is 23.6. The summed E-state index contributed by atoms with van der Waals surface area (Å²) in [6, 6.07) is -0.849. The molecule has 0 saturated heterocycles. The number of likely N-dealkylation sites (N-methyl/N-ethyl adjacent to an activating group) is 1. The van der Waals surface area contributed by atoms with Crippen molar-refractivity contribution >= 4 is 19.7 Å². The maximum atomic E-state index is 13.6. The molecule has 0 aliphatic heterocycles. The van der Waals surface area contributed by atoms with E-state index in [4.69, 9.17) is 13.8 Å². The number of allylic oxidation sites excluding steroid dienone is 7. The highest BCUT2D eigenvalue weighted by Gasteiger charge is 2.30. The Morgan fingerprint density at radius 2 is 0.792 bits per heavy atom. The number of unbranched alkanes of at least 4 members (excludes halogenated alkanes) is 38. The Morgan fingerprint density at radius 3 is 1.21 bits per heavy atom. The number of carbonyl (C=O) groups is 2. The molecular weight excluding hydrogens is 976 g/mol. The highest BCUT2D eigenvalue weighted by molar-refractivity contribution is 7.47. The molecule has 0 heterocycles. The van der Waals surface area contributed by atoms with Crippen LogP contribution in [-0.2, 0) is 27.9 Å². The van der Waals surface area contributed by atoms with E-state index in [9.17, 15) is 19.0 Å². The van der Waals surface area contributed by atoms with Crippen LogP contribution in [-0.4, -0.2) is 74.3 Å². The zero-order valence-electron chi connectivity index (χ0n) is 51.7. The molecule has 2 N–H and O–H groups in total. The predicted molar refractivity (Wildman–Crippen MR) is 332 cm³/mol. The van der Waals surface area contributed by atoms with Crippen LogP contribution in [0.1, 0.15) is 316 Å². The van der Waals surface area contributed by atoms with Crippen LogP contribution in [0.15, 0.2) is 48.6 Å². The van der Waals surface area contributed by atoms with Crippen molar-refractivity contribution in [1.29, 1.82) is 0 Å². The summed E-state index contributed by atoms with van der Waals surface area (Å²) in [6.45, 7) is 7.02. The van der Waals surface area contributed by atoms with Crippen molar-refractivity contribution in [2.45, 2.75) is 328 Å². The quantitative estimate of drug-likeness (QED) is 0.0205. The van der Waals surface area contributed by atoms with Gasteiger partial charge in [0, 0.05) is 12.8 Å². The van der Waals surface area contributed by atoms with E-state index >= 15 is 0 Å². The molecule has 0 spiro atoms. The number of rotatable bonds is 60. The smallest absolute Gasteiger partial charge is 0.456 e. The van der Waals surface area contributed by atoms with Gasteiger partial charge in [-0.15, -0.1) is 0 Å². The Kier molecular flexibility index (Phi) is 55.7. The average molecular weight is 1100 g/mol. The van der Waals surface area contributed by atoms with E-state index in [1.54, 1.807) is 0 Å². The van der Waals surface area contributed by atoms with Gasteiger partial charge in [-0.25, -0.2) is 4.57 Å². The number of quaternary nitrogens is 1. The Bertz CT molecular complexity index is 1460. The fourth-order valence-electron chi connectivity index (χ4n) is 9.65. The van der Waals surface area contributed by atoms with Crippen LogP contribution in [0, 0.1) is 0 Å². The number of nitrogens with zero attached hydrogens (tertiary/aromatic N) is 1. The molecule has 0 radical (unpaired) electrons. The van der Waals surface area contributed by atoms with Gasteiger partial charge in [0.2, 0.25) is 5.91 Å². The first-order chi connectivity index (χ1) is 37.4. The van der Waals surface area contributed by atoms with Crippen LogP contribution in [0.4, 0.5) is 0 Å². The first-order valence-corrected chi connectivity index (χ1v) is 34.5. The number of phosphoric acid groups is 1. The molecule has 0 aromatic rings. The van der Waals surface area contributed by atoms with Gasteiger partial charge in [-0.2, -0.15) is 0 Å². The molecule has 3 atom stereocenters. The first-order valence-electron chi connectivity index (χ1n) is 33.0. The van der Waals surface area contributed by atoms with E-state index in [1.807, 2.05) is 33.3 Å². The summed E-state index contributed by atoms with van der Waals surface area (Å²) in [5, 5.41) is 3.07. The number of esters is 1. The third-order valence-corrected chi connectivity index (χ3v) is 15.8.